The SMILES string of the molecule is CC[C@H](C)NC(=O)[C@H](Cc1ccccc1)N(Cc1ccc(Cl)c(Cl)c1)C(=O)CN(c1cc([N+](=O)[O-])ccc1OC)S(C)(=O)=O. The van der Waals surface area contributed by atoms with Crippen LogP contribution in [0.15, 0.2) is 66.7 Å². The van der Waals surface area contributed by atoms with Crippen molar-refractivity contribution in [2.24, 2.45) is 0 Å². The Hall–Kier alpha value is -3.87. The molecule has 0 saturated heterocycles. The first-order valence-electron chi connectivity index (χ1n) is 13.6. The number of carbonyl (C=O) groups excluding carboxylic acids is 2. The van der Waals surface area contributed by atoms with Gasteiger partial charge in [-0.3, -0.25) is 24.0 Å². The van der Waals surface area contributed by atoms with Crippen molar-refractivity contribution in [3.05, 3.63) is 98.0 Å². The van der Waals surface area contributed by atoms with E-state index in [0.29, 0.717) is 17.0 Å². The van der Waals surface area contributed by atoms with E-state index in [2.05, 4.69) is 5.32 Å². The number of methoxy groups -OCH3 is 1. The molecule has 0 aromatic heterocycles. The molecule has 3 aromatic carbocycles. The van der Waals surface area contributed by atoms with Gasteiger partial charge in [-0.25, -0.2) is 8.42 Å². The lowest BCUT2D eigenvalue weighted by Crippen LogP contribution is -2.54. The molecule has 2 amide bonds. The standard InChI is InChI=1S/C30H34Cl2N4O7S/c1-5-20(2)33-30(38)27(16-21-9-7-6-8-10-21)34(18-22-11-13-24(31)25(32)15-22)29(37)19-35(44(4,41)42)26-17-23(36(39)40)12-14-28(26)43-3/h6-15,17,20,27H,5,16,18-19H2,1-4H3,(H,33,38)/t20-,27-/m0/s1. The third kappa shape index (κ3) is 9.07. The summed E-state index contributed by atoms with van der Waals surface area (Å²) in [6, 6.07) is 16.0. The average molecular weight is 666 g/mol. The minimum Gasteiger partial charge on any atom is -0.495 e. The molecule has 0 bridgehead atoms. The largest absolute Gasteiger partial charge is 0.495 e. The number of amides is 2. The normalized spacial score (nSPS) is 12.6. The molecule has 0 fully saturated rings. The summed E-state index contributed by atoms with van der Waals surface area (Å²) in [5.41, 5.74) is 0.713. The molecule has 3 aromatic rings. The van der Waals surface area contributed by atoms with E-state index in [1.807, 2.05) is 44.2 Å². The topological polar surface area (TPSA) is 139 Å². The summed E-state index contributed by atoms with van der Waals surface area (Å²) in [4.78, 5) is 40.1. The van der Waals surface area contributed by atoms with Gasteiger partial charge in [-0.1, -0.05) is 66.5 Å². The number of non-ortho nitro benzene ring substituents is 1. The molecule has 0 aliphatic heterocycles. The number of benzene rings is 3. The molecule has 44 heavy (non-hydrogen) atoms. The predicted molar refractivity (Wildman–Crippen MR) is 171 cm³/mol. The van der Waals surface area contributed by atoms with Gasteiger partial charge in [0, 0.05) is 31.1 Å². The van der Waals surface area contributed by atoms with E-state index >= 15 is 0 Å². The van der Waals surface area contributed by atoms with Crippen molar-refractivity contribution in [2.75, 3.05) is 24.2 Å². The number of halogens is 2. The Balaban J connectivity index is 2.15. The Labute approximate surface area is 266 Å². The van der Waals surface area contributed by atoms with Crippen molar-refractivity contribution in [3.63, 3.8) is 0 Å². The van der Waals surface area contributed by atoms with Crippen LogP contribution in [0.1, 0.15) is 31.4 Å². The first kappa shape index (κ1) is 34.6. The lowest BCUT2D eigenvalue weighted by molar-refractivity contribution is -0.384. The van der Waals surface area contributed by atoms with Crippen LogP contribution in [0.3, 0.4) is 0 Å². The summed E-state index contributed by atoms with van der Waals surface area (Å²) >= 11 is 12.4. The van der Waals surface area contributed by atoms with Gasteiger partial charge in [0.1, 0.15) is 24.0 Å². The molecule has 0 saturated carbocycles. The van der Waals surface area contributed by atoms with Crippen LogP contribution in [-0.4, -0.2) is 62.0 Å². The highest BCUT2D eigenvalue weighted by molar-refractivity contribution is 7.92. The van der Waals surface area contributed by atoms with Crippen LogP contribution >= 0.6 is 23.2 Å². The lowest BCUT2D eigenvalue weighted by Gasteiger charge is -2.34. The zero-order valence-corrected chi connectivity index (χ0v) is 27.0. The third-order valence-electron chi connectivity index (χ3n) is 6.93. The molecule has 14 heteroatoms. The zero-order chi connectivity index (χ0) is 32.6. The molecule has 1 N–H and O–H groups in total. The average Bonchev–Trinajstić information content (AvgIpc) is 2.98. The van der Waals surface area contributed by atoms with Crippen LogP contribution in [0.25, 0.3) is 0 Å². The van der Waals surface area contributed by atoms with E-state index in [9.17, 15) is 28.1 Å². The highest BCUT2D eigenvalue weighted by Crippen LogP contribution is 2.34. The molecule has 0 spiro atoms. The third-order valence-corrected chi connectivity index (χ3v) is 8.80. The number of hydrogen-bond acceptors (Lipinski definition) is 7. The van der Waals surface area contributed by atoms with E-state index in [0.717, 1.165) is 28.3 Å². The number of nitrogens with zero attached hydrogens (tertiary/aromatic N) is 3. The second kappa shape index (κ2) is 15.2. The second-order valence-corrected chi connectivity index (χ2v) is 12.9. The maximum atomic E-state index is 14.2. The van der Waals surface area contributed by atoms with Crippen LogP contribution < -0.4 is 14.4 Å². The van der Waals surface area contributed by atoms with Gasteiger partial charge in [-0.2, -0.15) is 0 Å². The summed E-state index contributed by atoms with van der Waals surface area (Å²) in [6.45, 7) is 2.85. The molecule has 3 rings (SSSR count). The molecule has 236 valence electrons. The number of carbonyl (C=O) groups is 2. The maximum absolute atomic E-state index is 14.2. The van der Waals surface area contributed by atoms with Gasteiger partial charge in [0.2, 0.25) is 21.8 Å². The van der Waals surface area contributed by atoms with Crippen LogP contribution in [0.4, 0.5) is 11.4 Å². The van der Waals surface area contributed by atoms with Gasteiger partial charge in [0.15, 0.2) is 0 Å². The van der Waals surface area contributed by atoms with E-state index in [1.54, 1.807) is 18.2 Å². The fourth-order valence-electron chi connectivity index (χ4n) is 4.41. The molecular weight excluding hydrogens is 631 g/mol. The van der Waals surface area contributed by atoms with E-state index in [-0.39, 0.29) is 35.5 Å². The first-order chi connectivity index (χ1) is 20.7. The smallest absolute Gasteiger partial charge is 0.271 e. The molecule has 0 radical (unpaired) electrons. The van der Waals surface area contributed by atoms with Crippen LogP contribution in [0.5, 0.6) is 5.75 Å². The van der Waals surface area contributed by atoms with Crippen LogP contribution in [-0.2, 0) is 32.6 Å². The molecule has 0 unspecified atom stereocenters. The summed E-state index contributed by atoms with van der Waals surface area (Å²) in [6.07, 6.45) is 1.63. The Morgan fingerprint density at radius 3 is 2.27 bits per heavy atom. The predicted octanol–water partition coefficient (Wildman–Crippen LogP) is 5.23. The van der Waals surface area contributed by atoms with Crippen LogP contribution in [0, 0.1) is 10.1 Å². The zero-order valence-electron chi connectivity index (χ0n) is 24.7. The molecule has 0 heterocycles. The van der Waals surface area contributed by atoms with Crippen molar-refractivity contribution in [1.82, 2.24) is 10.2 Å². The van der Waals surface area contributed by atoms with Crippen molar-refractivity contribution < 1.29 is 27.7 Å². The second-order valence-electron chi connectivity index (χ2n) is 10.2. The van der Waals surface area contributed by atoms with Gasteiger partial charge in [0.05, 0.1) is 28.3 Å². The summed E-state index contributed by atoms with van der Waals surface area (Å²) < 4.78 is 32.2. The lowest BCUT2D eigenvalue weighted by atomic mass is 10.0. The number of nitro benzene ring substituents is 1. The van der Waals surface area contributed by atoms with Gasteiger partial charge in [0.25, 0.3) is 5.69 Å². The number of nitro groups is 1. The first-order valence-corrected chi connectivity index (χ1v) is 16.2. The summed E-state index contributed by atoms with van der Waals surface area (Å²) in [5, 5.41) is 15.0. The Kier molecular flexibility index (Phi) is 12.0. The maximum Gasteiger partial charge on any atom is 0.271 e. The van der Waals surface area contributed by atoms with Crippen molar-refractivity contribution in [2.45, 2.75) is 45.3 Å². The van der Waals surface area contributed by atoms with Gasteiger partial charge in [-0.15, -0.1) is 0 Å². The van der Waals surface area contributed by atoms with E-state index in [4.69, 9.17) is 27.9 Å². The molecule has 2 atom stereocenters. The highest BCUT2D eigenvalue weighted by atomic mass is 35.5. The van der Waals surface area contributed by atoms with Crippen LogP contribution in [0.2, 0.25) is 10.0 Å². The summed E-state index contributed by atoms with van der Waals surface area (Å²) in [7, 11) is -2.91. The Morgan fingerprint density at radius 2 is 1.70 bits per heavy atom. The monoisotopic (exact) mass is 664 g/mol. The van der Waals surface area contributed by atoms with E-state index < -0.39 is 45.0 Å². The van der Waals surface area contributed by atoms with Crippen molar-refractivity contribution in [1.29, 1.82) is 0 Å². The molecule has 0 aliphatic rings. The number of ether oxygens (including phenoxy) is 1. The fraction of sp³-hybridized carbons (Fsp3) is 0.333. The minimum absolute atomic E-state index is 0.000192. The molecule has 11 nitrogen and oxygen atoms in total. The van der Waals surface area contributed by atoms with E-state index in [1.165, 1.54) is 18.1 Å². The fourth-order valence-corrected chi connectivity index (χ4v) is 5.58. The minimum atomic E-state index is -4.19. The van der Waals surface area contributed by atoms with Gasteiger partial charge >= 0.3 is 0 Å². The number of sulfonamides is 1. The number of rotatable bonds is 14. The number of nitrogens with one attached hydrogen (secondary N) is 1. The highest BCUT2D eigenvalue weighted by Gasteiger charge is 2.34. The van der Waals surface area contributed by atoms with Crippen molar-refractivity contribution >= 4 is 56.4 Å². The quantitative estimate of drug-likeness (QED) is 0.184. The molecule has 0 aliphatic carbocycles. The number of anilines is 1. The Bertz CT molecular complexity index is 1610. The Morgan fingerprint density at radius 1 is 1.02 bits per heavy atom. The summed E-state index contributed by atoms with van der Waals surface area (Å²) in [5.74, 6) is -1.18. The van der Waals surface area contributed by atoms with Gasteiger partial charge < -0.3 is 15.0 Å². The van der Waals surface area contributed by atoms with Crippen molar-refractivity contribution in [3.8, 4) is 5.75 Å². The van der Waals surface area contributed by atoms with Gasteiger partial charge in [-0.05, 0) is 42.7 Å². The molecular formula is C30H34Cl2N4O7S. The number of hydrogen-bond donors (Lipinski definition) is 1.